The number of H-pyrrole nitrogens is 1. The standard InChI is InChI=1S/C27H34N6O/c1-2-33(22-5-3-4-15-28-22)20-8-6-19(7-9-20)24-30-23-21(12-16-29-25(23)31-24)26(34)32-27-13-10-18(17-27)11-14-27/h6-9,12,16,18,22,28H,2-5,10-11,13-15,17H2,1H3,(H,32,34)(H,29,30,31). The Morgan fingerprint density at radius 1 is 1.15 bits per heavy atom. The van der Waals surface area contributed by atoms with Crippen LogP contribution in [-0.4, -0.2) is 45.7 Å². The van der Waals surface area contributed by atoms with Crippen molar-refractivity contribution in [3.63, 3.8) is 0 Å². The Hall–Kier alpha value is -2.93. The number of amides is 1. The fourth-order valence-corrected chi connectivity index (χ4v) is 6.40. The monoisotopic (exact) mass is 458 g/mol. The maximum atomic E-state index is 13.2. The molecular weight excluding hydrogens is 424 g/mol. The molecule has 0 radical (unpaired) electrons. The number of rotatable bonds is 6. The van der Waals surface area contributed by atoms with Crippen LogP contribution in [0.2, 0.25) is 0 Å². The molecule has 2 bridgehead atoms. The molecule has 1 unspecified atom stereocenters. The molecule has 1 aromatic carbocycles. The Morgan fingerprint density at radius 3 is 2.65 bits per heavy atom. The number of benzene rings is 1. The molecule has 178 valence electrons. The van der Waals surface area contributed by atoms with E-state index < -0.39 is 0 Å². The topological polar surface area (TPSA) is 85.9 Å². The molecule has 2 saturated carbocycles. The number of piperidine rings is 1. The molecule has 3 aromatic rings. The molecule has 2 aliphatic carbocycles. The minimum atomic E-state index is -0.0260. The summed E-state index contributed by atoms with van der Waals surface area (Å²) in [5, 5.41) is 7.01. The lowest BCUT2D eigenvalue weighted by atomic mass is 9.93. The number of carbonyl (C=O) groups is 1. The first kappa shape index (κ1) is 21.6. The number of hydrogen-bond acceptors (Lipinski definition) is 5. The molecule has 1 saturated heterocycles. The van der Waals surface area contributed by atoms with Crippen molar-refractivity contribution in [2.24, 2.45) is 5.92 Å². The van der Waals surface area contributed by atoms with Gasteiger partial charge >= 0.3 is 0 Å². The third-order valence-electron chi connectivity index (χ3n) is 8.22. The molecule has 3 N–H and O–H groups in total. The quantitative estimate of drug-likeness (QED) is 0.502. The zero-order valence-corrected chi connectivity index (χ0v) is 19.9. The Balaban J connectivity index is 1.24. The van der Waals surface area contributed by atoms with Gasteiger partial charge in [-0.05, 0) is 101 Å². The molecule has 3 fully saturated rings. The van der Waals surface area contributed by atoms with E-state index in [1.165, 1.54) is 37.8 Å². The SMILES string of the molecule is CCN(c1ccc(-c2nc3c(C(=O)NC45CCC(CC4)C5)ccnc3[nH]2)cc1)C1CCCCN1. The van der Waals surface area contributed by atoms with Gasteiger partial charge in [0.25, 0.3) is 5.91 Å². The highest BCUT2D eigenvalue weighted by molar-refractivity contribution is 6.04. The van der Waals surface area contributed by atoms with E-state index in [0.29, 0.717) is 22.9 Å². The third-order valence-corrected chi connectivity index (χ3v) is 8.22. The molecule has 3 aliphatic rings. The van der Waals surface area contributed by atoms with Crippen molar-refractivity contribution in [3.05, 3.63) is 42.1 Å². The number of fused-ring (bicyclic) bond motifs is 3. The summed E-state index contributed by atoms with van der Waals surface area (Å²) in [4.78, 5) is 28.3. The lowest BCUT2D eigenvalue weighted by molar-refractivity contribution is 0.0902. The molecule has 3 heterocycles. The molecule has 34 heavy (non-hydrogen) atoms. The van der Waals surface area contributed by atoms with E-state index in [1.807, 2.05) is 0 Å². The molecule has 1 atom stereocenters. The molecule has 7 heteroatoms. The number of anilines is 1. The van der Waals surface area contributed by atoms with Crippen LogP contribution in [0.3, 0.4) is 0 Å². The fraction of sp³-hybridized carbons (Fsp3) is 0.519. The number of pyridine rings is 1. The highest BCUT2D eigenvalue weighted by Crippen LogP contribution is 2.47. The van der Waals surface area contributed by atoms with Crippen molar-refractivity contribution in [1.29, 1.82) is 0 Å². The summed E-state index contributed by atoms with van der Waals surface area (Å²) in [6.07, 6.45) is 11.6. The van der Waals surface area contributed by atoms with Crippen molar-refractivity contribution < 1.29 is 4.79 Å². The maximum absolute atomic E-state index is 13.2. The van der Waals surface area contributed by atoms with Crippen LogP contribution < -0.4 is 15.5 Å². The summed E-state index contributed by atoms with van der Waals surface area (Å²) in [5.41, 5.74) is 4.10. The minimum absolute atomic E-state index is 0.00927. The van der Waals surface area contributed by atoms with Gasteiger partial charge in [-0.15, -0.1) is 0 Å². The summed E-state index contributed by atoms with van der Waals surface area (Å²) >= 11 is 0. The maximum Gasteiger partial charge on any atom is 0.254 e. The van der Waals surface area contributed by atoms with Gasteiger partial charge in [0.1, 0.15) is 11.3 Å². The summed E-state index contributed by atoms with van der Waals surface area (Å²) < 4.78 is 0. The second-order valence-electron chi connectivity index (χ2n) is 10.3. The van der Waals surface area contributed by atoms with Crippen molar-refractivity contribution in [2.45, 2.75) is 70.0 Å². The number of aromatic amines is 1. The van der Waals surface area contributed by atoms with Gasteiger partial charge in [-0.2, -0.15) is 0 Å². The van der Waals surface area contributed by atoms with Gasteiger partial charge in [-0.1, -0.05) is 0 Å². The predicted molar refractivity (Wildman–Crippen MR) is 135 cm³/mol. The fourth-order valence-electron chi connectivity index (χ4n) is 6.40. The van der Waals surface area contributed by atoms with Gasteiger partial charge in [-0.3, -0.25) is 10.1 Å². The molecule has 1 aliphatic heterocycles. The van der Waals surface area contributed by atoms with E-state index in [4.69, 9.17) is 4.98 Å². The highest BCUT2D eigenvalue weighted by Gasteiger charge is 2.45. The molecule has 0 spiro atoms. The number of imidazole rings is 1. The van der Waals surface area contributed by atoms with Gasteiger partial charge in [-0.25, -0.2) is 9.97 Å². The van der Waals surface area contributed by atoms with Gasteiger partial charge in [0.2, 0.25) is 0 Å². The predicted octanol–water partition coefficient (Wildman–Crippen LogP) is 4.61. The Morgan fingerprint density at radius 2 is 1.97 bits per heavy atom. The largest absolute Gasteiger partial charge is 0.356 e. The van der Waals surface area contributed by atoms with Gasteiger partial charge in [0.15, 0.2) is 5.65 Å². The summed E-state index contributed by atoms with van der Waals surface area (Å²) in [6, 6.07) is 10.3. The average Bonchev–Trinajstić information content (AvgIpc) is 3.59. The molecule has 1 amide bonds. The van der Waals surface area contributed by atoms with E-state index in [1.54, 1.807) is 12.3 Å². The molecule has 7 nitrogen and oxygen atoms in total. The number of carbonyl (C=O) groups excluding carboxylic acids is 1. The first-order valence-corrected chi connectivity index (χ1v) is 12.9. The van der Waals surface area contributed by atoms with Crippen LogP contribution in [0.1, 0.15) is 68.6 Å². The average molecular weight is 459 g/mol. The van der Waals surface area contributed by atoms with Crippen LogP contribution in [0.15, 0.2) is 36.5 Å². The van der Waals surface area contributed by atoms with E-state index in [-0.39, 0.29) is 11.4 Å². The smallest absolute Gasteiger partial charge is 0.254 e. The van der Waals surface area contributed by atoms with Crippen molar-refractivity contribution >= 4 is 22.8 Å². The Bertz CT molecular complexity index is 1170. The Labute approximate surface area is 200 Å². The second-order valence-corrected chi connectivity index (χ2v) is 10.3. The van der Waals surface area contributed by atoms with E-state index >= 15 is 0 Å². The minimum Gasteiger partial charge on any atom is -0.356 e. The zero-order valence-electron chi connectivity index (χ0n) is 19.9. The van der Waals surface area contributed by atoms with Gasteiger partial charge in [0.05, 0.1) is 11.7 Å². The van der Waals surface area contributed by atoms with Gasteiger partial charge < -0.3 is 15.2 Å². The number of aromatic nitrogens is 3. The summed E-state index contributed by atoms with van der Waals surface area (Å²) in [6.45, 7) is 4.26. The van der Waals surface area contributed by atoms with E-state index in [9.17, 15) is 4.79 Å². The van der Waals surface area contributed by atoms with Crippen LogP contribution >= 0.6 is 0 Å². The van der Waals surface area contributed by atoms with Crippen LogP contribution in [0.4, 0.5) is 5.69 Å². The zero-order chi connectivity index (χ0) is 23.1. The van der Waals surface area contributed by atoms with Crippen LogP contribution in [0.25, 0.3) is 22.6 Å². The third kappa shape index (κ3) is 3.86. The van der Waals surface area contributed by atoms with Crippen LogP contribution in [-0.2, 0) is 0 Å². The summed E-state index contributed by atoms with van der Waals surface area (Å²) in [7, 11) is 0. The van der Waals surface area contributed by atoms with Crippen molar-refractivity contribution in [2.75, 3.05) is 18.0 Å². The van der Waals surface area contributed by atoms with Crippen molar-refractivity contribution in [1.82, 2.24) is 25.6 Å². The van der Waals surface area contributed by atoms with Crippen molar-refractivity contribution in [3.8, 4) is 11.4 Å². The number of hydrogen-bond donors (Lipinski definition) is 3. The lowest BCUT2D eigenvalue weighted by Gasteiger charge is -2.36. The van der Waals surface area contributed by atoms with E-state index in [0.717, 1.165) is 49.7 Å². The van der Waals surface area contributed by atoms with Gasteiger partial charge in [0, 0.05) is 29.5 Å². The van der Waals surface area contributed by atoms with Crippen LogP contribution in [0.5, 0.6) is 0 Å². The van der Waals surface area contributed by atoms with E-state index in [2.05, 4.69) is 56.7 Å². The second kappa shape index (κ2) is 8.69. The molecular formula is C27H34N6O. The first-order chi connectivity index (χ1) is 16.6. The lowest BCUT2D eigenvalue weighted by Crippen LogP contribution is -2.48. The normalized spacial score (nSPS) is 26.1. The highest BCUT2D eigenvalue weighted by atomic mass is 16.1. The van der Waals surface area contributed by atoms with Crippen LogP contribution in [0, 0.1) is 5.92 Å². The molecule has 2 aromatic heterocycles. The summed E-state index contributed by atoms with van der Waals surface area (Å²) in [5.74, 6) is 1.50. The number of nitrogens with one attached hydrogen (secondary N) is 3. The Kier molecular flexibility index (Phi) is 5.52. The number of nitrogens with zero attached hydrogens (tertiary/aromatic N) is 3. The molecule has 6 rings (SSSR count). The first-order valence-electron chi connectivity index (χ1n) is 12.9.